The molecule has 0 radical (unpaired) electrons. The summed E-state index contributed by atoms with van der Waals surface area (Å²) in [6.07, 6.45) is 41.3. The van der Waals surface area contributed by atoms with Gasteiger partial charge in [-0.3, -0.25) is 9.59 Å². The van der Waals surface area contributed by atoms with Crippen molar-refractivity contribution in [3.8, 4) is 0 Å². The molecule has 1 saturated heterocycles. The Bertz CT molecular complexity index is 1300. The maximum Gasteiger partial charge on any atom is 0.306 e. The van der Waals surface area contributed by atoms with Crippen molar-refractivity contribution in [2.24, 2.45) is 0 Å². The monoisotopic (exact) mass is 932 g/mol. The average Bonchev–Trinajstić information content (AvgIpc) is 3.31. The second-order valence-electron chi connectivity index (χ2n) is 18.3. The molecular formula is C55H97NO10. The molecule has 1 fully saturated rings. The van der Waals surface area contributed by atoms with Crippen LogP contribution in [0.2, 0.25) is 0 Å². The van der Waals surface area contributed by atoms with Crippen LogP contribution in [0.4, 0.5) is 0 Å². The van der Waals surface area contributed by atoms with Crippen molar-refractivity contribution < 1.29 is 49.3 Å². The van der Waals surface area contributed by atoms with Gasteiger partial charge in [0.05, 0.1) is 25.4 Å². The number of nitrogens with one attached hydrogen (secondary N) is 1. The molecule has 11 nitrogen and oxygen atoms in total. The van der Waals surface area contributed by atoms with Crippen LogP contribution >= 0.6 is 0 Å². The summed E-state index contributed by atoms with van der Waals surface area (Å²) < 4.78 is 17.5. The van der Waals surface area contributed by atoms with Gasteiger partial charge in [-0.1, -0.05) is 223 Å². The molecule has 8 unspecified atom stereocenters. The van der Waals surface area contributed by atoms with E-state index in [2.05, 4.69) is 38.2 Å². The van der Waals surface area contributed by atoms with Crippen LogP contribution in [0.3, 0.4) is 0 Å². The highest BCUT2D eigenvalue weighted by Crippen LogP contribution is 2.26. The van der Waals surface area contributed by atoms with E-state index < -0.39 is 67.4 Å². The van der Waals surface area contributed by atoms with Crippen LogP contribution in [-0.4, -0.2) is 99.6 Å². The van der Waals surface area contributed by atoms with Gasteiger partial charge in [0, 0.05) is 6.42 Å². The molecule has 0 saturated carbocycles. The first-order valence-electron chi connectivity index (χ1n) is 26.6. The number of amides is 1. The van der Waals surface area contributed by atoms with Crippen molar-refractivity contribution in [3.63, 3.8) is 0 Å². The van der Waals surface area contributed by atoms with E-state index in [0.29, 0.717) is 12.8 Å². The molecule has 0 aromatic carbocycles. The lowest BCUT2D eigenvalue weighted by Crippen LogP contribution is -2.61. The average molecular weight is 932 g/mol. The third-order valence-electron chi connectivity index (χ3n) is 12.3. The number of hydrogen-bond donors (Lipinski definition) is 6. The lowest BCUT2D eigenvalue weighted by Gasteiger charge is -2.41. The molecule has 1 amide bonds. The zero-order valence-electron chi connectivity index (χ0n) is 41.8. The first-order chi connectivity index (χ1) is 32.2. The number of ether oxygens (including phenoxy) is 3. The number of hydrogen-bond acceptors (Lipinski definition) is 10. The van der Waals surface area contributed by atoms with Gasteiger partial charge in [-0.25, -0.2) is 0 Å². The summed E-state index contributed by atoms with van der Waals surface area (Å²) in [7, 11) is 0. The Kier molecular flexibility index (Phi) is 40.6. The van der Waals surface area contributed by atoms with Gasteiger partial charge in [0.15, 0.2) is 12.4 Å². The predicted octanol–water partition coefficient (Wildman–Crippen LogP) is 11.1. The van der Waals surface area contributed by atoms with E-state index in [-0.39, 0.29) is 19.4 Å². The van der Waals surface area contributed by atoms with E-state index in [1.165, 1.54) is 89.9 Å². The van der Waals surface area contributed by atoms with Crippen LogP contribution in [0.25, 0.3) is 0 Å². The molecule has 382 valence electrons. The Balaban J connectivity index is 2.78. The van der Waals surface area contributed by atoms with E-state index >= 15 is 0 Å². The third-order valence-corrected chi connectivity index (χ3v) is 12.3. The Hall–Kier alpha value is -2.64. The zero-order chi connectivity index (χ0) is 48.3. The predicted molar refractivity (Wildman–Crippen MR) is 269 cm³/mol. The fourth-order valence-electron chi connectivity index (χ4n) is 8.01. The van der Waals surface area contributed by atoms with Crippen molar-refractivity contribution in [1.29, 1.82) is 0 Å². The highest BCUT2D eigenvalue weighted by molar-refractivity contribution is 5.80. The molecular weight excluding hydrogens is 835 g/mol. The number of aliphatic hydroxyl groups excluding tert-OH is 5. The van der Waals surface area contributed by atoms with Crippen molar-refractivity contribution >= 4 is 11.9 Å². The van der Waals surface area contributed by atoms with Crippen LogP contribution in [0.1, 0.15) is 213 Å². The zero-order valence-corrected chi connectivity index (χ0v) is 41.8. The number of carbonyl (C=O) groups is 2. The number of carbonyl (C=O) groups excluding carboxylic acids is 2. The molecule has 8 atom stereocenters. The van der Waals surface area contributed by atoms with Gasteiger partial charge in [-0.15, -0.1) is 0 Å². The number of aliphatic hydroxyl groups is 5. The van der Waals surface area contributed by atoms with Gasteiger partial charge in [0.2, 0.25) is 5.91 Å². The number of unbranched alkanes of at least 4 members (excludes halogenated alkanes) is 24. The lowest BCUT2D eigenvalue weighted by molar-refractivity contribution is -0.305. The number of esters is 1. The Morgan fingerprint density at radius 1 is 0.606 bits per heavy atom. The van der Waals surface area contributed by atoms with Crippen LogP contribution in [0.5, 0.6) is 0 Å². The molecule has 0 spiro atoms. The quantitative estimate of drug-likeness (QED) is 0.0149. The summed E-state index contributed by atoms with van der Waals surface area (Å²) in [4.78, 5) is 26.3. The Morgan fingerprint density at radius 2 is 1.09 bits per heavy atom. The van der Waals surface area contributed by atoms with E-state index in [1.807, 2.05) is 42.5 Å². The summed E-state index contributed by atoms with van der Waals surface area (Å²) >= 11 is 0. The highest BCUT2D eigenvalue weighted by Gasteiger charge is 2.47. The topological polar surface area (TPSA) is 175 Å². The number of allylic oxidation sites excluding steroid dienone is 9. The minimum absolute atomic E-state index is 0.0965. The van der Waals surface area contributed by atoms with Crippen molar-refractivity contribution in [1.82, 2.24) is 5.32 Å². The second kappa shape index (κ2) is 43.6. The molecule has 0 aliphatic carbocycles. The Labute approximate surface area is 401 Å². The maximum atomic E-state index is 13.3. The minimum atomic E-state index is -1.62. The molecule has 0 aromatic rings. The van der Waals surface area contributed by atoms with Crippen molar-refractivity contribution in [2.75, 3.05) is 13.2 Å². The van der Waals surface area contributed by atoms with Crippen molar-refractivity contribution in [3.05, 3.63) is 60.8 Å². The molecule has 1 heterocycles. The molecule has 0 aromatic heterocycles. The molecule has 6 N–H and O–H groups in total. The van der Waals surface area contributed by atoms with Crippen molar-refractivity contribution in [2.45, 2.75) is 262 Å². The molecule has 1 aliphatic heterocycles. The van der Waals surface area contributed by atoms with E-state index in [0.717, 1.165) is 77.0 Å². The first kappa shape index (κ1) is 61.4. The lowest BCUT2D eigenvalue weighted by atomic mass is 9.99. The SMILES string of the molecule is CC/C=C/C=C/C=C/C=C\CCCCCCCC(=O)OC1C(OCC(NC(=O)C(O)CCCCCCCCCCCC)C(O)/C=C/CCCCCCCCCCCC)OC(CO)C(O)C1O. The van der Waals surface area contributed by atoms with Crippen LogP contribution in [0, 0.1) is 0 Å². The van der Waals surface area contributed by atoms with E-state index in [1.54, 1.807) is 6.08 Å². The van der Waals surface area contributed by atoms with Gasteiger partial charge in [0.1, 0.15) is 24.4 Å². The molecule has 1 rings (SSSR count). The standard InChI is InChI=1S/C55H97NO10/c1-4-7-10-13-16-19-22-24-25-26-28-31-34-37-40-43-50(60)66-53-52(62)51(61)49(44-57)65-55(53)64-45-46(47(58)41-38-35-32-30-27-23-20-17-14-11-8-5-2)56-54(63)48(59)42-39-36-33-29-21-18-15-12-9-6-3/h7,10,13,16,19,22,24-25,38,41,46-49,51-53,55,57-59,61-62H,4-6,8-9,11-12,14-15,17-18,20-21,23,26-37,39-40,42-45H2,1-3H3,(H,56,63)/b10-7+,16-13+,22-19+,25-24-,41-38+. The fraction of sp³-hybridized carbons (Fsp3) is 0.782. The van der Waals surface area contributed by atoms with E-state index in [4.69, 9.17) is 14.2 Å². The van der Waals surface area contributed by atoms with E-state index in [9.17, 15) is 35.1 Å². The molecule has 66 heavy (non-hydrogen) atoms. The largest absolute Gasteiger partial charge is 0.454 e. The maximum absolute atomic E-state index is 13.3. The van der Waals surface area contributed by atoms with Crippen LogP contribution < -0.4 is 5.32 Å². The van der Waals surface area contributed by atoms with Crippen LogP contribution in [-0.2, 0) is 23.8 Å². The van der Waals surface area contributed by atoms with Gasteiger partial charge in [0.25, 0.3) is 0 Å². The van der Waals surface area contributed by atoms with Gasteiger partial charge < -0.3 is 45.1 Å². The van der Waals surface area contributed by atoms with Gasteiger partial charge in [-0.2, -0.15) is 0 Å². The third kappa shape index (κ3) is 32.2. The Morgan fingerprint density at radius 3 is 1.64 bits per heavy atom. The summed E-state index contributed by atoms with van der Waals surface area (Å²) in [5.41, 5.74) is 0. The van der Waals surface area contributed by atoms with Crippen LogP contribution in [0.15, 0.2) is 60.8 Å². The highest BCUT2D eigenvalue weighted by atomic mass is 16.7. The summed E-state index contributed by atoms with van der Waals surface area (Å²) in [6, 6.07) is -1.03. The first-order valence-corrected chi connectivity index (χ1v) is 26.6. The van der Waals surface area contributed by atoms with Gasteiger partial charge in [-0.05, 0) is 44.9 Å². The summed E-state index contributed by atoms with van der Waals surface area (Å²) in [6.45, 7) is 5.59. The smallest absolute Gasteiger partial charge is 0.306 e. The minimum Gasteiger partial charge on any atom is -0.454 e. The fourth-order valence-corrected chi connectivity index (χ4v) is 8.01. The normalized spacial score (nSPS) is 20.6. The summed E-state index contributed by atoms with van der Waals surface area (Å²) in [5, 5.41) is 56.6. The molecule has 0 bridgehead atoms. The number of rotatable bonds is 43. The molecule has 11 heteroatoms. The van der Waals surface area contributed by atoms with Gasteiger partial charge >= 0.3 is 5.97 Å². The molecule has 1 aliphatic rings. The summed E-state index contributed by atoms with van der Waals surface area (Å²) in [5.74, 6) is -1.22. The second-order valence-corrected chi connectivity index (χ2v) is 18.3.